The van der Waals surface area contributed by atoms with E-state index in [1.165, 1.54) is 0 Å². The first kappa shape index (κ1) is 10.7. The minimum absolute atomic E-state index is 0.0746. The Balaban J connectivity index is 2.51. The van der Waals surface area contributed by atoms with Crippen LogP contribution in [0.3, 0.4) is 0 Å². The number of aryl methyl sites for hydroxylation is 1. The number of nitrogens with zero attached hydrogens (tertiary/aromatic N) is 3. The van der Waals surface area contributed by atoms with Crippen LogP contribution < -0.4 is 0 Å². The number of aliphatic hydroxyl groups is 1. The average Bonchev–Trinajstić information content (AvgIpc) is 2.60. The Morgan fingerprint density at radius 1 is 1.79 bits per heavy atom. The van der Waals surface area contributed by atoms with E-state index in [2.05, 4.69) is 5.10 Å². The van der Waals surface area contributed by atoms with Crippen LogP contribution in [0.2, 0.25) is 0 Å². The number of hydrogen-bond acceptors (Lipinski definition) is 4. The summed E-state index contributed by atoms with van der Waals surface area (Å²) in [5.74, 6) is 0. The largest absolute Gasteiger partial charge is 0.396 e. The lowest BCUT2D eigenvalue weighted by molar-refractivity contribution is 0.0773. The predicted octanol–water partition coefficient (Wildman–Crippen LogP) is 0.384. The minimum atomic E-state index is -0.588. The van der Waals surface area contributed by atoms with Crippen LogP contribution in [0.25, 0.3) is 0 Å². The SMILES string of the molecule is Cn1cc(C(C#N)OCCCO)cn1. The molecular formula is C9H13N3O2. The van der Waals surface area contributed by atoms with Crippen LogP contribution in [0.1, 0.15) is 18.1 Å². The molecule has 0 saturated carbocycles. The number of ether oxygens (including phenoxy) is 1. The predicted molar refractivity (Wildman–Crippen MR) is 49.2 cm³/mol. The van der Waals surface area contributed by atoms with Crippen molar-refractivity contribution < 1.29 is 9.84 Å². The fourth-order valence-electron chi connectivity index (χ4n) is 1.05. The van der Waals surface area contributed by atoms with Gasteiger partial charge in [0.25, 0.3) is 0 Å². The van der Waals surface area contributed by atoms with Gasteiger partial charge in [0.2, 0.25) is 0 Å². The molecule has 0 aromatic carbocycles. The summed E-state index contributed by atoms with van der Waals surface area (Å²) in [6.07, 6.45) is 3.30. The molecule has 0 saturated heterocycles. The van der Waals surface area contributed by atoms with Gasteiger partial charge in [-0.25, -0.2) is 0 Å². The fraction of sp³-hybridized carbons (Fsp3) is 0.556. The van der Waals surface area contributed by atoms with Crippen molar-refractivity contribution in [3.8, 4) is 6.07 Å². The van der Waals surface area contributed by atoms with Gasteiger partial charge in [0.1, 0.15) is 0 Å². The lowest BCUT2D eigenvalue weighted by Crippen LogP contribution is -2.03. The maximum Gasteiger partial charge on any atom is 0.172 e. The van der Waals surface area contributed by atoms with Gasteiger partial charge in [-0.05, 0) is 6.42 Å². The first-order valence-electron chi connectivity index (χ1n) is 4.38. The second-order valence-corrected chi connectivity index (χ2v) is 2.90. The summed E-state index contributed by atoms with van der Waals surface area (Å²) < 4.78 is 6.88. The van der Waals surface area contributed by atoms with Crippen LogP contribution in [0.5, 0.6) is 0 Å². The van der Waals surface area contributed by atoms with E-state index in [1.54, 1.807) is 24.1 Å². The molecule has 0 aliphatic heterocycles. The van der Waals surface area contributed by atoms with Crippen LogP contribution >= 0.6 is 0 Å². The molecule has 0 radical (unpaired) electrons. The van der Waals surface area contributed by atoms with Crippen LogP contribution in [0, 0.1) is 11.3 Å². The van der Waals surface area contributed by atoms with Gasteiger partial charge in [-0.3, -0.25) is 4.68 Å². The van der Waals surface area contributed by atoms with Crippen molar-refractivity contribution in [1.82, 2.24) is 9.78 Å². The lowest BCUT2D eigenvalue weighted by atomic mass is 10.2. The van der Waals surface area contributed by atoms with Crippen molar-refractivity contribution in [3.05, 3.63) is 18.0 Å². The molecule has 1 atom stereocenters. The maximum absolute atomic E-state index is 8.81. The molecule has 1 N–H and O–H groups in total. The molecule has 5 heteroatoms. The lowest BCUT2D eigenvalue weighted by Gasteiger charge is -2.07. The van der Waals surface area contributed by atoms with Crippen molar-refractivity contribution in [1.29, 1.82) is 5.26 Å². The van der Waals surface area contributed by atoms with Crippen LogP contribution in [-0.4, -0.2) is 28.1 Å². The highest BCUT2D eigenvalue weighted by Gasteiger charge is 2.11. The molecule has 0 fully saturated rings. The Morgan fingerprint density at radius 3 is 3.07 bits per heavy atom. The van der Waals surface area contributed by atoms with Crippen molar-refractivity contribution in [2.24, 2.45) is 7.05 Å². The van der Waals surface area contributed by atoms with Gasteiger partial charge in [-0.1, -0.05) is 0 Å². The number of aliphatic hydroxyl groups excluding tert-OH is 1. The van der Waals surface area contributed by atoms with Crippen LogP contribution in [-0.2, 0) is 11.8 Å². The summed E-state index contributed by atoms with van der Waals surface area (Å²) >= 11 is 0. The number of aromatic nitrogens is 2. The zero-order chi connectivity index (χ0) is 10.4. The molecule has 0 aliphatic rings. The molecule has 1 aromatic rings. The van der Waals surface area contributed by atoms with E-state index < -0.39 is 6.10 Å². The van der Waals surface area contributed by atoms with Crippen molar-refractivity contribution >= 4 is 0 Å². The Hall–Kier alpha value is -1.38. The maximum atomic E-state index is 8.81. The molecular weight excluding hydrogens is 182 g/mol. The van der Waals surface area contributed by atoms with Crippen LogP contribution in [0.4, 0.5) is 0 Å². The molecule has 1 aromatic heterocycles. The zero-order valence-electron chi connectivity index (χ0n) is 8.05. The number of rotatable bonds is 5. The molecule has 1 unspecified atom stereocenters. The van der Waals surface area contributed by atoms with E-state index in [1.807, 2.05) is 6.07 Å². The summed E-state index contributed by atoms with van der Waals surface area (Å²) in [5.41, 5.74) is 0.743. The van der Waals surface area contributed by atoms with E-state index >= 15 is 0 Å². The third kappa shape index (κ3) is 2.83. The highest BCUT2D eigenvalue weighted by atomic mass is 16.5. The van der Waals surface area contributed by atoms with Gasteiger partial charge >= 0.3 is 0 Å². The molecule has 1 heterocycles. The van der Waals surface area contributed by atoms with Gasteiger partial charge in [-0.15, -0.1) is 0 Å². The highest BCUT2D eigenvalue weighted by molar-refractivity contribution is 5.15. The van der Waals surface area contributed by atoms with E-state index in [0.29, 0.717) is 13.0 Å². The Labute approximate surface area is 82.5 Å². The molecule has 76 valence electrons. The van der Waals surface area contributed by atoms with E-state index in [9.17, 15) is 0 Å². The van der Waals surface area contributed by atoms with E-state index in [-0.39, 0.29) is 6.61 Å². The third-order valence-corrected chi connectivity index (χ3v) is 1.73. The summed E-state index contributed by atoms with van der Waals surface area (Å²) in [6.45, 7) is 0.453. The topological polar surface area (TPSA) is 71.1 Å². The molecule has 14 heavy (non-hydrogen) atoms. The molecule has 5 nitrogen and oxygen atoms in total. The van der Waals surface area contributed by atoms with Gasteiger partial charge in [-0.2, -0.15) is 10.4 Å². The standard InChI is InChI=1S/C9H13N3O2/c1-12-7-8(6-11-12)9(5-10)14-4-2-3-13/h6-7,9,13H,2-4H2,1H3. The molecule has 0 aliphatic carbocycles. The molecule has 0 bridgehead atoms. The molecule has 1 rings (SSSR count). The van der Waals surface area contributed by atoms with Crippen molar-refractivity contribution in [2.45, 2.75) is 12.5 Å². The van der Waals surface area contributed by atoms with Gasteiger partial charge < -0.3 is 9.84 Å². The second kappa shape index (κ2) is 5.37. The summed E-state index contributed by atoms with van der Waals surface area (Å²) in [5, 5.41) is 21.3. The Bertz CT molecular complexity index is 316. The van der Waals surface area contributed by atoms with Gasteiger partial charge in [0.15, 0.2) is 6.10 Å². The fourth-order valence-corrected chi connectivity index (χ4v) is 1.05. The zero-order valence-corrected chi connectivity index (χ0v) is 8.05. The molecule has 0 spiro atoms. The number of nitriles is 1. The quantitative estimate of drug-likeness (QED) is 0.689. The van der Waals surface area contributed by atoms with Crippen LogP contribution in [0.15, 0.2) is 12.4 Å². The average molecular weight is 195 g/mol. The number of hydrogen-bond donors (Lipinski definition) is 1. The van der Waals surface area contributed by atoms with Gasteiger partial charge in [0.05, 0.1) is 18.9 Å². The van der Waals surface area contributed by atoms with Crippen molar-refractivity contribution in [3.63, 3.8) is 0 Å². The summed E-state index contributed by atoms with van der Waals surface area (Å²) in [6, 6.07) is 2.03. The normalized spacial score (nSPS) is 12.4. The summed E-state index contributed by atoms with van der Waals surface area (Å²) in [7, 11) is 1.78. The van der Waals surface area contributed by atoms with Gasteiger partial charge in [0, 0.05) is 25.4 Å². The van der Waals surface area contributed by atoms with Crippen molar-refractivity contribution in [2.75, 3.05) is 13.2 Å². The first-order valence-corrected chi connectivity index (χ1v) is 4.38. The summed E-state index contributed by atoms with van der Waals surface area (Å²) in [4.78, 5) is 0. The smallest absolute Gasteiger partial charge is 0.172 e. The third-order valence-electron chi connectivity index (χ3n) is 1.73. The van der Waals surface area contributed by atoms with E-state index in [0.717, 1.165) is 5.56 Å². The monoisotopic (exact) mass is 195 g/mol. The Kier molecular flexibility index (Phi) is 4.11. The minimum Gasteiger partial charge on any atom is -0.396 e. The Morgan fingerprint density at radius 2 is 2.57 bits per heavy atom. The van der Waals surface area contributed by atoms with E-state index in [4.69, 9.17) is 15.1 Å². The molecule has 0 amide bonds. The highest BCUT2D eigenvalue weighted by Crippen LogP contribution is 2.15. The second-order valence-electron chi connectivity index (χ2n) is 2.90. The first-order chi connectivity index (χ1) is 6.77.